The number of hydrogen-bond donors (Lipinski definition) is 2. The number of hydrogen-bond acceptors (Lipinski definition) is 5. The first-order chi connectivity index (χ1) is 13.6. The normalized spacial score (nSPS) is 18.9. The second-order valence-electron chi connectivity index (χ2n) is 6.33. The second-order valence-corrected chi connectivity index (χ2v) is 6.33. The molecule has 2 aromatic rings. The van der Waals surface area contributed by atoms with Gasteiger partial charge in [-0.15, -0.1) is 0 Å². The van der Waals surface area contributed by atoms with E-state index in [1.165, 1.54) is 0 Å². The van der Waals surface area contributed by atoms with Gasteiger partial charge in [0.2, 0.25) is 0 Å². The van der Waals surface area contributed by atoms with Crippen LogP contribution in [0.3, 0.4) is 0 Å². The maximum atomic E-state index is 13.5. The van der Waals surface area contributed by atoms with Crippen LogP contribution in [0.25, 0.3) is 0 Å². The van der Waals surface area contributed by atoms with Crippen LogP contribution in [0, 0.1) is 11.3 Å². The summed E-state index contributed by atoms with van der Waals surface area (Å²) in [5.74, 6) is -0.327. The Labute approximate surface area is 164 Å². The maximum absolute atomic E-state index is 13.5. The van der Waals surface area contributed by atoms with Crippen molar-refractivity contribution in [1.29, 1.82) is 5.26 Å². The van der Waals surface area contributed by atoms with Crippen LogP contribution in [-0.2, 0) is 9.53 Å². The van der Waals surface area contributed by atoms with Crippen LogP contribution in [0.15, 0.2) is 84.2 Å². The first kappa shape index (κ1) is 19.2. The lowest BCUT2D eigenvalue weighted by Gasteiger charge is -2.39. The van der Waals surface area contributed by atoms with E-state index < -0.39 is 11.6 Å². The fourth-order valence-electron chi connectivity index (χ4n) is 3.21. The number of rotatable bonds is 6. The van der Waals surface area contributed by atoms with Crippen LogP contribution in [0.4, 0.5) is 11.4 Å². The molecule has 0 saturated heterocycles. The average molecular weight is 374 g/mol. The van der Waals surface area contributed by atoms with Crippen LogP contribution in [-0.4, -0.2) is 18.2 Å². The lowest BCUT2D eigenvalue weighted by atomic mass is 9.99. The van der Waals surface area contributed by atoms with Crippen molar-refractivity contribution in [3.8, 4) is 6.07 Å². The highest BCUT2D eigenvalue weighted by Gasteiger charge is 2.56. The maximum Gasteiger partial charge on any atom is 0.283 e. The summed E-state index contributed by atoms with van der Waals surface area (Å²) in [4.78, 5) is 15.1. The van der Waals surface area contributed by atoms with Crippen LogP contribution in [0.5, 0.6) is 0 Å². The third kappa shape index (κ3) is 3.13. The minimum Gasteiger partial charge on any atom is -0.384 e. The summed E-state index contributed by atoms with van der Waals surface area (Å²) in [5, 5.41) is 12.5. The fourth-order valence-corrected chi connectivity index (χ4v) is 3.21. The number of amides is 1. The van der Waals surface area contributed by atoms with Gasteiger partial charge in [0.25, 0.3) is 11.6 Å². The van der Waals surface area contributed by atoms with Crippen molar-refractivity contribution in [2.45, 2.75) is 19.1 Å². The molecule has 1 unspecified atom stereocenters. The number of nitrogens with one attached hydrogen (secondary N) is 1. The molecule has 3 N–H and O–H groups in total. The van der Waals surface area contributed by atoms with E-state index in [1.807, 2.05) is 43.3 Å². The quantitative estimate of drug-likeness (QED) is 0.807. The lowest BCUT2D eigenvalue weighted by Crippen LogP contribution is -2.58. The highest BCUT2D eigenvalue weighted by Crippen LogP contribution is 2.44. The molecule has 6 nitrogen and oxygen atoms in total. The fraction of sp³-hybridized carbons (Fsp3) is 0.182. The molecular formula is C22H22N4O2. The summed E-state index contributed by atoms with van der Waals surface area (Å²) in [6, 6.07) is 20.2. The number of ether oxygens (including phenoxy) is 1. The number of benzene rings is 2. The summed E-state index contributed by atoms with van der Waals surface area (Å²) in [6.45, 7) is 6.24. The van der Waals surface area contributed by atoms with Gasteiger partial charge in [-0.05, 0) is 30.7 Å². The van der Waals surface area contributed by atoms with Gasteiger partial charge in [-0.1, -0.05) is 49.9 Å². The van der Waals surface area contributed by atoms with Gasteiger partial charge in [0.05, 0.1) is 6.61 Å². The molecule has 28 heavy (non-hydrogen) atoms. The molecule has 0 aromatic heterocycles. The Morgan fingerprint density at radius 2 is 1.82 bits per heavy atom. The Balaban J connectivity index is 2.14. The highest BCUT2D eigenvalue weighted by molar-refractivity contribution is 6.05. The average Bonchev–Trinajstić information content (AvgIpc) is 2.94. The number of nitrogens with two attached hydrogens (primary N) is 1. The first-order valence-corrected chi connectivity index (χ1v) is 9.01. The molecule has 0 fully saturated rings. The summed E-state index contributed by atoms with van der Waals surface area (Å²) in [5.41, 5.74) is 6.25. The largest absolute Gasteiger partial charge is 0.384 e. The molecule has 2 aromatic carbocycles. The molecule has 0 aliphatic carbocycles. The lowest BCUT2D eigenvalue weighted by molar-refractivity contribution is -0.135. The first-order valence-electron chi connectivity index (χ1n) is 9.01. The molecule has 1 heterocycles. The van der Waals surface area contributed by atoms with Crippen molar-refractivity contribution in [2.75, 3.05) is 16.8 Å². The Bertz CT molecular complexity index is 948. The predicted octanol–water partition coefficient (Wildman–Crippen LogP) is 3.52. The van der Waals surface area contributed by atoms with Crippen LogP contribution < -0.4 is 16.0 Å². The monoisotopic (exact) mass is 374 g/mol. The van der Waals surface area contributed by atoms with Crippen molar-refractivity contribution in [3.63, 3.8) is 0 Å². The van der Waals surface area contributed by atoms with Gasteiger partial charge >= 0.3 is 0 Å². The summed E-state index contributed by atoms with van der Waals surface area (Å²) >= 11 is 0. The summed E-state index contributed by atoms with van der Waals surface area (Å²) < 4.78 is 6.10. The third-order valence-electron chi connectivity index (χ3n) is 4.50. The topological polar surface area (TPSA) is 91.4 Å². The molecule has 0 spiro atoms. The second kappa shape index (κ2) is 7.99. The zero-order valence-corrected chi connectivity index (χ0v) is 15.7. The van der Waals surface area contributed by atoms with Crippen molar-refractivity contribution in [2.24, 2.45) is 5.73 Å². The minimum atomic E-state index is -1.65. The van der Waals surface area contributed by atoms with E-state index in [9.17, 15) is 10.1 Å². The molecule has 142 valence electrons. The Morgan fingerprint density at radius 1 is 1.21 bits per heavy atom. The molecule has 1 atom stereocenters. The van der Waals surface area contributed by atoms with E-state index in [0.29, 0.717) is 17.8 Å². The van der Waals surface area contributed by atoms with Crippen LogP contribution in [0.1, 0.15) is 13.3 Å². The smallest absolute Gasteiger partial charge is 0.283 e. The van der Waals surface area contributed by atoms with Gasteiger partial charge in [0.15, 0.2) is 0 Å². The molecule has 1 aliphatic heterocycles. The number of nitriles is 1. The molecule has 0 bridgehead atoms. The SMILES string of the molecule is C=C1C(C#N)=C(N)N(c2ccccc2)C1(OCCC)C(=O)Nc1ccccc1. The zero-order chi connectivity index (χ0) is 20.1. The van der Waals surface area contributed by atoms with Crippen molar-refractivity contribution >= 4 is 17.3 Å². The molecular weight excluding hydrogens is 352 g/mol. The third-order valence-corrected chi connectivity index (χ3v) is 4.50. The predicted molar refractivity (Wildman–Crippen MR) is 109 cm³/mol. The number of anilines is 2. The Morgan fingerprint density at radius 3 is 2.39 bits per heavy atom. The molecule has 0 saturated carbocycles. The van der Waals surface area contributed by atoms with E-state index in [4.69, 9.17) is 10.5 Å². The molecule has 0 radical (unpaired) electrons. The number of carbonyl (C=O) groups excluding carboxylic acids is 1. The van der Waals surface area contributed by atoms with Crippen LogP contribution >= 0.6 is 0 Å². The van der Waals surface area contributed by atoms with Gasteiger partial charge < -0.3 is 15.8 Å². The Kier molecular flexibility index (Phi) is 5.48. The number of nitrogens with zero attached hydrogens (tertiary/aromatic N) is 2. The van der Waals surface area contributed by atoms with Crippen molar-refractivity contribution in [3.05, 3.63) is 84.2 Å². The number of carbonyl (C=O) groups is 1. The minimum absolute atomic E-state index is 0.137. The van der Waals surface area contributed by atoms with Gasteiger partial charge in [-0.3, -0.25) is 9.69 Å². The standard InChI is InChI=1S/C22H22N4O2/c1-3-14-28-22(21(27)25-17-10-6-4-7-11-17)16(2)19(15-23)20(24)26(22)18-12-8-5-9-13-18/h4-13H,2-3,14,24H2,1H3,(H,25,27). The van der Waals surface area contributed by atoms with Gasteiger partial charge in [-0.2, -0.15) is 5.26 Å². The van der Waals surface area contributed by atoms with Crippen LogP contribution in [0.2, 0.25) is 0 Å². The molecule has 3 rings (SSSR count). The van der Waals surface area contributed by atoms with E-state index in [0.717, 1.165) is 0 Å². The van der Waals surface area contributed by atoms with E-state index in [-0.39, 0.29) is 23.6 Å². The summed E-state index contributed by atoms with van der Waals surface area (Å²) in [6.07, 6.45) is 0.679. The van der Waals surface area contributed by atoms with E-state index in [2.05, 4.69) is 18.0 Å². The summed E-state index contributed by atoms with van der Waals surface area (Å²) in [7, 11) is 0. The van der Waals surface area contributed by atoms with Crippen molar-refractivity contribution < 1.29 is 9.53 Å². The highest BCUT2D eigenvalue weighted by atomic mass is 16.5. The Hall–Kier alpha value is -3.56. The van der Waals surface area contributed by atoms with E-state index in [1.54, 1.807) is 29.2 Å². The van der Waals surface area contributed by atoms with Crippen molar-refractivity contribution in [1.82, 2.24) is 0 Å². The van der Waals surface area contributed by atoms with Gasteiger partial charge in [-0.25, -0.2) is 0 Å². The zero-order valence-electron chi connectivity index (χ0n) is 15.7. The van der Waals surface area contributed by atoms with Gasteiger partial charge in [0, 0.05) is 16.9 Å². The molecule has 1 amide bonds. The molecule has 1 aliphatic rings. The number of para-hydroxylation sites is 2. The van der Waals surface area contributed by atoms with Gasteiger partial charge in [0.1, 0.15) is 17.5 Å². The van der Waals surface area contributed by atoms with E-state index >= 15 is 0 Å². The molecule has 6 heteroatoms.